The Morgan fingerprint density at radius 2 is 0.459 bits per heavy atom. The van der Waals surface area contributed by atoms with E-state index in [4.69, 9.17) is 14.2 Å². The second-order valence-corrected chi connectivity index (χ2v) is 22.5. The summed E-state index contributed by atoms with van der Waals surface area (Å²) in [5.41, 5.74) is 0. The molecule has 0 saturated heterocycles. The zero-order chi connectivity index (χ0) is 53.7. The predicted octanol–water partition coefficient (Wildman–Crippen LogP) is 18.4. The van der Waals surface area contributed by atoms with E-state index in [1.54, 1.807) is 0 Å². The van der Waals surface area contributed by atoms with Crippen molar-refractivity contribution in [3.8, 4) is 0 Å². The Balaban J connectivity index is 4.46. The van der Waals surface area contributed by atoms with Crippen LogP contribution in [0.5, 0.6) is 0 Å². The number of aliphatic hydroxyl groups is 1. The van der Waals surface area contributed by atoms with Gasteiger partial charge >= 0.3 is 17.9 Å². The molecule has 0 aliphatic heterocycles. The molecular weight excluding hydrogens is 921 g/mol. The molecule has 0 atom stereocenters. The molecule has 0 heterocycles. The minimum atomic E-state index is -0.0599. The SMILES string of the molecule is CCCCCCCCCCCCCCOC(=O)CCCCCN(CCO)CCCN(CCCCCC(=O)OCCCCCCCCCCCCCC)CCCCCC(=O)OCCCCCCCCCCCCCC. The molecule has 0 radical (unpaired) electrons. The number of nitrogens with zero attached hydrogens (tertiary/aromatic N) is 2. The highest BCUT2D eigenvalue weighted by Gasteiger charge is 2.11. The molecule has 0 spiro atoms. The first-order valence-corrected chi connectivity index (χ1v) is 33.0. The van der Waals surface area contributed by atoms with E-state index in [0.29, 0.717) is 45.6 Å². The number of unbranched alkanes of at least 4 members (excludes halogenated alkanes) is 39. The molecule has 0 amide bonds. The number of ether oxygens (including phenoxy) is 3. The van der Waals surface area contributed by atoms with Crippen molar-refractivity contribution in [3.63, 3.8) is 0 Å². The monoisotopic (exact) mass is 1050 g/mol. The summed E-state index contributed by atoms with van der Waals surface area (Å²) < 4.78 is 16.7. The van der Waals surface area contributed by atoms with Crippen LogP contribution in [0, 0.1) is 0 Å². The molecule has 0 aliphatic carbocycles. The van der Waals surface area contributed by atoms with Gasteiger partial charge in [0.2, 0.25) is 0 Å². The van der Waals surface area contributed by atoms with Gasteiger partial charge in [-0.1, -0.05) is 252 Å². The van der Waals surface area contributed by atoms with E-state index in [1.165, 1.54) is 193 Å². The van der Waals surface area contributed by atoms with Crippen molar-refractivity contribution in [2.24, 2.45) is 0 Å². The van der Waals surface area contributed by atoms with Gasteiger partial charge in [0.05, 0.1) is 26.4 Å². The van der Waals surface area contributed by atoms with E-state index in [2.05, 4.69) is 30.6 Å². The molecule has 1 N–H and O–H groups in total. The molecule has 0 aromatic rings. The molecule has 0 fully saturated rings. The summed E-state index contributed by atoms with van der Waals surface area (Å²) >= 11 is 0. The van der Waals surface area contributed by atoms with Crippen molar-refractivity contribution in [1.82, 2.24) is 9.80 Å². The van der Waals surface area contributed by atoms with Crippen molar-refractivity contribution < 1.29 is 33.7 Å². The number of hydrogen-bond acceptors (Lipinski definition) is 9. The van der Waals surface area contributed by atoms with Crippen molar-refractivity contribution in [2.75, 3.05) is 65.7 Å². The Labute approximate surface area is 460 Å². The van der Waals surface area contributed by atoms with E-state index >= 15 is 0 Å². The molecule has 0 unspecified atom stereocenters. The van der Waals surface area contributed by atoms with Gasteiger partial charge in [0, 0.05) is 25.8 Å². The van der Waals surface area contributed by atoms with Gasteiger partial charge in [0.15, 0.2) is 0 Å². The van der Waals surface area contributed by atoms with Gasteiger partial charge in [0.1, 0.15) is 0 Å². The topological polar surface area (TPSA) is 106 Å². The fraction of sp³-hybridized carbons (Fsp3) is 0.954. The van der Waals surface area contributed by atoms with Gasteiger partial charge < -0.3 is 29.1 Å². The molecule has 0 aromatic carbocycles. The maximum Gasteiger partial charge on any atom is 0.305 e. The van der Waals surface area contributed by atoms with E-state index in [1.807, 2.05) is 0 Å². The number of rotatable bonds is 63. The second-order valence-electron chi connectivity index (χ2n) is 22.5. The van der Waals surface area contributed by atoms with Crippen LogP contribution in [0.1, 0.15) is 335 Å². The molecule has 0 saturated carbocycles. The van der Waals surface area contributed by atoms with Crippen LogP contribution in [-0.2, 0) is 28.6 Å². The first-order valence-electron chi connectivity index (χ1n) is 33.0. The quantitative estimate of drug-likeness (QED) is 0.0362. The maximum atomic E-state index is 12.5. The average molecular weight is 1050 g/mol. The van der Waals surface area contributed by atoms with Gasteiger partial charge in [-0.3, -0.25) is 14.4 Å². The molecule has 74 heavy (non-hydrogen) atoms. The fourth-order valence-electron chi connectivity index (χ4n) is 10.3. The molecule has 9 heteroatoms. The molecule has 9 nitrogen and oxygen atoms in total. The molecule has 0 aliphatic rings. The van der Waals surface area contributed by atoms with Gasteiger partial charge in [0.25, 0.3) is 0 Å². The van der Waals surface area contributed by atoms with Crippen LogP contribution in [0.25, 0.3) is 0 Å². The Hall–Kier alpha value is -1.71. The predicted molar refractivity (Wildman–Crippen MR) is 316 cm³/mol. The number of carbonyl (C=O) groups excluding carboxylic acids is 3. The van der Waals surface area contributed by atoms with Crippen LogP contribution in [0.15, 0.2) is 0 Å². The minimum absolute atomic E-state index is 0.0496. The molecule has 0 rings (SSSR count). The molecule has 440 valence electrons. The summed E-state index contributed by atoms with van der Waals surface area (Å²) in [6.45, 7) is 14.2. The second kappa shape index (κ2) is 62.1. The third-order valence-electron chi connectivity index (χ3n) is 15.2. The van der Waals surface area contributed by atoms with Crippen molar-refractivity contribution >= 4 is 17.9 Å². The zero-order valence-electron chi connectivity index (χ0n) is 50.0. The van der Waals surface area contributed by atoms with Gasteiger partial charge in [-0.05, 0) is 96.9 Å². The largest absolute Gasteiger partial charge is 0.466 e. The lowest BCUT2D eigenvalue weighted by Gasteiger charge is -2.25. The summed E-state index contributed by atoms with van der Waals surface area (Å²) in [7, 11) is 0. The van der Waals surface area contributed by atoms with Crippen LogP contribution in [-0.4, -0.2) is 98.5 Å². The lowest BCUT2D eigenvalue weighted by atomic mass is 10.1. The Bertz CT molecular complexity index is 1090. The highest BCUT2D eigenvalue weighted by Crippen LogP contribution is 2.16. The highest BCUT2D eigenvalue weighted by molar-refractivity contribution is 5.69. The lowest BCUT2D eigenvalue weighted by molar-refractivity contribution is -0.144. The summed E-state index contributed by atoms with van der Waals surface area (Å²) in [5, 5.41) is 9.85. The number of hydrogen-bond donors (Lipinski definition) is 1. The maximum absolute atomic E-state index is 12.5. The van der Waals surface area contributed by atoms with Crippen LogP contribution in [0.3, 0.4) is 0 Å². The Morgan fingerprint density at radius 3 is 0.703 bits per heavy atom. The Morgan fingerprint density at radius 1 is 0.257 bits per heavy atom. The number of carbonyl (C=O) groups is 3. The minimum Gasteiger partial charge on any atom is -0.466 e. The van der Waals surface area contributed by atoms with Crippen LogP contribution >= 0.6 is 0 Å². The third-order valence-corrected chi connectivity index (χ3v) is 15.2. The van der Waals surface area contributed by atoms with E-state index in [-0.39, 0.29) is 24.5 Å². The van der Waals surface area contributed by atoms with Gasteiger partial charge in [-0.2, -0.15) is 0 Å². The van der Waals surface area contributed by atoms with Gasteiger partial charge in [-0.15, -0.1) is 0 Å². The van der Waals surface area contributed by atoms with Crippen molar-refractivity contribution in [1.29, 1.82) is 0 Å². The van der Waals surface area contributed by atoms with Crippen molar-refractivity contribution in [2.45, 2.75) is 335 Å². The summed E-state index contributed by atoms with van der Waals surface area (Å²) in [6.07, 6.45) is 58.2. The smallest absolute Gasteiger partial charge is 0.305 e. The van der Waals surface area contributed by atoms with E-state index in [0.717, 1.165) is 135 Å². The molecule has 0 aromatic heterocycles. The normalized spacial score (nSPS) is 11.6. The third kappa shape index (κ3) is 58.0. The van der Waals surface area contributed by atoms with Crippen LogP contribution < -0.4 is 0 Å². The lowest BCUT2D eigenvalue weighted by Crippen LogP contribution is -2.33. The average Bonchev–Trinajstić information content (AvgIpc) is 3.39. The Kier molecular flexibility index (Phi) is 60.7. The van der Waals surface area contributed by atoms with E-state index in [9.17, 15) is 19.5 Å². The standard InChI is InChI=1S/C65H128N2O7/c1-4-7-10-13-16-19-22-25-28-31-34-46-60-72-63(69)50-40-37-43-53-66(54-44-38-41-51-64(70)73-61-47-35-32-29-26-23-20-17-14-11-8-5-2)56-49-57-67(58-59-68)55-45-39-42-52-65(71)74-62-48-36-33-30-27-24-21-18-15-12-9-6-3/h68H,4-62H2,1-3H3. The first-order chi connectivity index (χ1) is 36.5. The highest BCUT2D eigenvalue weighted by atomic mass is 16.5. The van der Waals surface area contributed by atoms with Crippen LogP contribution in [0.2, 0.25) is 0 Å². The van der Waals surface area contributed by atoms with Gasteiger partial charge in [-0.25, -0.2) is 0 Å². The van der Waals surface area contributed by atoms with E-state index < -0.39 is 0 Å². The van der Waals surface area contributed by atoms with Crippen LogP contribution in [0.4, 0.5) is 0 Å². The fourth-order valence-corrected chi connectivity index (χ4v) is 10.3. The summed E-state index contributed by atoms with van der Waals surface area (Å²) in [5.74, 6) is -0.159. The molecule has 0 bridgehead atoms. The molecular formula is C65H128N2O7. The van der Waals surface area contributed by atoms with Crippen molar-refractivity contribution in [3.05, 3.63) is 0 Å². The zero-order valence-corrected chi connectivity index (χ0v) is 50.0. The first kappa shape index (κ1) is 72.3. The summed E-state index contributed by atoms with van der Waals surface area (Å²) in [4.78, 5) is 42.2. The summed E-state index contributed by atoms with van der Waals surface area (Å²) in [6, 6.07) is 0. The number of aliphatic hydroxyl groups excluding tert-OH is 1. The number of esters is 3.